The Balaban J connectivity index is 2.55. The summed E-state index contributed by atoms with van der Waals surface area (Å²) in [5, 5.41) is 4.12. The Hall–Kier alpha value is 0.160. The van der Waals surface area contributed by atoms with Gasteiger partial charge in [-0.3, -0.25) is 0 Å². The summed E-state index contributed by atoms with van der Waals surface area (Å²) < 4.78 is 1.08. The lowest BCUT2D eigenvalue weighted by atomic mass is 10.2. The quantitative estimate of drug-likeness (QED) is 0.835. The van der Waals surface area contributed by atoms with E-state index in [1.165, 1.54) is 5.56 Å². The van der Waals surface area contributed by atoms with Crippen molar-refractivity contribution in [3.05, 3.63) is 32.4 Å². The van der Waals surface area contributed by atoms with Crippen LogP contribution in [0.5, 0.6) is 0 Å². The second-order valence-corrected chi connectivity index (χ2v) is 4.84. The van der Waals surface area contributed by atoms with Crippen molar-refractivity contribution in [2.45, 2.75) is 19.5 Å². The fourth-order valence-electron chi connectivity index (χ4n) is 1.03. The molecule has 0 saturated carbocycles. The Kier molecular flexibility index (Phi) is 5.15. The maximum absolute atomic E-state index is 6.00. The van der Waals surface area contributed by atoms with Gasteiger partial charge in [0.05, 0.1) is 5.02 Å². The molecule has 14 heavy (non-hydrogen) atoms. The molecule has 4 heteroatoms. The highest BCUT2D eigenvalue weighted by atomic mass is 127. The summed E-state index contributed by atoms with van der Waals surface area (Å²) in [6.45, 7) is 3.53. The van der Waals surface area contributed by atoms with E-state index in [1.54, 1.807) is 0 Å². The first kappa shape index (κ1) is 12.2. The van der Waals surface area contributed by atoms with Crippen LogP contribution in [0.15, 0.2) is 18.2 Å². The van der Waals surface area contributed by atoms with Crippen LogP contribution in [0.2, 0.25) is 5.02 Å². The molecular weight excluding hydrogens is 310 g/mol. The molecule has 0 fully saturated rings. The Morgan fingerprint density at radius 3 is 2.86 bits per heavy atom. The zero-order valence-electron chi connectivity index (χ0n) is 8.06. The van der Waals surface area contributed by atoms with Crippen LogP contribution in [0.25, 0.3) is 0 Å². The summed E-state index contributed by atoms with van der Waals surface area (Å²) in [6.07, 6.45) is 0. The lowest BCUT2D eigenvalue weighted by Gasteiger charge is -2.11. The van der Waals surface area contributed by atoms with Crippen LogP contribution in [0.3, 0.4) is 0 Å². The van der Waals surface area contributed by atoms with Gasteiger partial charge in [-0.2, -0.15) is 0 Å². The van der Waals surface area contributed by atoms with Gasteiger partial charge in [-0.05, 0) is 47.2 Å². The summed E-state index contributed by atoms with van der Waals surface area (Å²) in [7, 11) is 0. The van der Waals surface area contributed by atoms with Crippen LogP contribution < -0.4 is 11.1 Å². The van der Waals surface area contributed by atoms with Crippen molar-refractivity contribution < 1.29 is 0 Å². The number of nitrogens with one attached hydrogen (secondary N) is 1. The van der Waals surface area contributed by atoms with E-state index in [1.807, 2.05) is 12.1 Å². The van der Waals surface area contributed by atoms with Gasteiger partial charge in [-0.15, -0.1) is 0 Å². The average molecular weight is 325 g/mol. The van der Waals surface area contributed by atoms with E-state index in [0.29, 0.717) is 12.6 Å². The van der Waals surface area contributed by atoms with Crippen LogP contribution in [0.1, 0.15) is 12.5 Å². The molecule has 1 unspecified atom stereocenters. The van der Waals surface area contributed by atoms with Crippen LogP contribution in [0.4, 0.5) is 0 Å². The molecular formula is C10H14ClIN2. The average Bonchev–Trinajstić information content (AvgIpc) is 2.19. The fourth-order valence-corrected chi connectivity index (χ4v) is 1.56. The highest BCUT2D eigenvalue weighted by Gasteiger charge is 2.01. The van der Waals surface area contributed by atoms with Crippen molar-refractivity contribution in [3.8, 4) is 0 Å². The van der Waals surface area contributed by atoms with Gasteiger partial charge in [-0.1, -0.05) is 17.7 Å². The Labute approximate surface area is 103 Å². The van der Waals surface area contributed by atoms with Crippen LogP contribution in [-0.2, 0) is 6.54 Å². The van der Waals surface area contributed by atoms with Gasteiger partial charge in [0.2, 0.25) is 0 Å². The fraction of sp³-hybridized carbons (Fsp3) is 0.400. The standard InChI is InChI=1S/C10H14ClIN2/c1-7(5-13)14-6-8-2-3-10(12)9(11)4-8/h2-4,7,14H,5-6,13H2,1H3. The minimum Gasteiger partial charge on any atom is -0.329 e. The van der Waals surface area contributed by atoms with E-state index in [4.69, 9.17) is 17.3 Å². The first-order valence-electron chi connectivity index (χ1n) is 4.51. The molecule has 3 N–H and O–H groups in total. The number of benzene rings is 1. The van der Waals surface area contributed by atoms with Gasteiger partial charge < -0.3 is 11.1 Å². The molecule has 0 spiro atoms. The zero-order chi connectivity index (χ0) is 10.6. The number of hydrogen-bond acceptors (Lipinski definition) is 2. The maximum atomic E-state index is 6.00. The molecule has 2 nitrogen and oxygen atoms in total. The van der Waals surface area contributed by atoms with E-state index in [-0.39, 0.29) is 0 Å². The molecule has 0 saturated heterocycles. The van der Waals surface area contributed by atoms with Gasteiger partial charge in [0.25, 0.3) is 0 Å². The van der Waals surface area contributed by atoms with Crippen molar-refractivity contribution in [2.75, 3.05) is 6.54 Å². The van der Waals surface area contributed by atoms with E-state index < -0.39 is 0 Å². The second-order valence-electron chi connectivity index (χ2n) is 3.27. The first-order chi connectivity index (χ1) is 6.63. The zero-order valence-corrected chi connectivity index (χ0v) is 11.0. The summed E-state index contributed by atoms with van der Waals surface area (Å²) in [4.78, 5) is 0. The predicted octanol–water partition coefficient (Wildman–Crippen LogP) is 2.38. The third kappa shape index (κ3) is 3.73. The van der Waals surface area contributed by atoms with Crippen LogP contribution in [-0.4, -0.2) is 12.6 Å². The molecule has 1 rings (SSSR count). The summed E-state index contributed by atoms with van der Waals surface area (Å²) in [5.74, 6) is 0. The van der Waals surface area contributed by atoms with Crippen molar-refractivity contribution in [1.29, 1.82) is 0 Å². The molecule has 1 aromatic carbocycles. The van der Waals surface area contributed by atoms with E-state index >= 15 is 0 Å². The molecule has 0 aliphatic heterocycles. The lowest BCUT2D eigenvalue weighted by Crippen LogP contribution is -2.32. The SMILES string of the molecule is CC(CN)NCc1ccc(I)c(Cl)c1. The topological polar surface area (TPSA) is 38.0 Å². The number of halogens is 2. The van der Waals surface area contributed by atoms with E-state index in [2.05, 4.69) is 40.9 Å². The minimum absolute atomic E-state index is 0.341. The number of nitrogens with two attached hydrogens (primary N) is 1. The molecule has 0 aromatic heterocycles. The molecule has 0 bridgehead atoms. The van der Waals surface area contributed by atoms with Crippen LogP contribution >= 0.6 is 34.2 Å². The molecule has 1 aromatic rings. The normalized spacial score (nSPS) is 12.9. The van der Waals surface area contributed by atoms with Crippen molar-refractivity contribution in [2.24, 2.45) is 5.73 Å². The third-order valence-corrected chi connectivity index (χ3v) is 3.56. The molecule has 0 aliphatic carbocycles. The summed E-state index contributed by atoms with van der Waals surface area (Å²) in [5.41, 5.74) is 6.69. The van der Waals surface area contributed by atoms with Crippen molar-refractivity contribution >= 4 is 34.2 Å². The molecule has 0 heterocycles. The lowest BCUT2D eigenvalue weighted by molar-refractivity contribution is 0.556. The molecule has 0 amide bonds. The van der Waals surface area contributed by atoms with Crippen molar-refractivity contribution in [3.63, 3.8) is 0 Å². The summed E-state index contributed by atoms with van der Waals surface area (Å²) >= 11 is 8.22. The van der Waals surface area contributed by atoms with E-state index in [0.717, 1.165) is 15.1 Å². The van der Waals surface area contributed by atoms with Gasteiger partial charge >= 0.3 is 0 Å². The van der Waals surface area contributed by atoms with Gasteiger partial charge in [0.15, 0.2) is 0 Å². The Morgan fingerprint density at radius 1 is 1.57 bits per heavy atom. The number of hydrogen-bond donors (Lipinski definition) is 2. The highest BCUT2D eigenvalue weighted by molar-refractivity contribution is 14.1. The first-order valence-corrected chi connectivity index (χ1v) is 5.96. The van der Waals surface area contributed by atoms with Crippen LogP contribution in [0, 0.1) is 3.57 Å². The monoisotopic (exact) mass is 324 g/mol. The highest BCUT2D eigenvalue weighted by Crippen LogP contribution is 2.19. The van der Waals surface area contributed by atoms with Crippen molar-refractivity contribution in [1.82, 2.24) is 5.32 Å². The predicted molar refractivity (Wildman–Crippen MR) is 69.5 cm³/mol. The smallest absolute Gasteiger partial charge is 0.0542 e. The van der Waals surface area contributed by atoms with Gasteiger partial charge in [-0.25, -0.2) is 0 Å². The summed E-state index contributed by atoms with van der Waals surface area (Å²) in [6, 6.07) is 6.42. The van der Waals surface area contributed by atoms with Gasteiger partial charge in [0, 0.05) is 22.7 Å². The Morgan fingerprint density at radius 2 is 2.29 bits per heavy atom. The van der Waals surface area contributed by atoms with E-state index in [9.17, 15) is 0 Å². The molecule has 0 radical (unpaired) electrons. The largest absolute Gasteiger partial charge is 0.329 e. The minimum atomic E-state index is 0.341. The molecule has 1 atom stereocenters. The number of rotatable bonds is 4. The Bertz CT molecular complexity index is 304. The third-order valence-electron chi connectivity index (χ3n) is 1.99. The molecule has 0 aliphatic rings. The second kappa shape index (κ2) is 5.90. The maximum Gasteiger partial charge on any atom is 0.0542 e. The molecule has 78 valence electrons. The van der Waals surface area contributed by atoms with Gasteiger partial charge in [0.1, 0.15) is 0 Å².